The van der Waals surface area contributed by atoms with Crippen LogP contribution in [-0.2, 0) is 4.74 Å². The standard InChI is InChI=1S/C8H15N2O/c1-3-10(4-1)7-8-6-9-2-5-11-8/h8H,1-7H2. The number of hydrogen-bond acceptors (Lipinski definition) is 2. The molecule has 0 saturated carbocycles. The Bertz CT molecular complexity index is 119. The van der Waals surface area contributed by atoms with E-state index >= 15 is 0 Å². The number of likely N-dealkylation sites (tertiary alicyclic amines) is 1. The van der Waals surface area contributed by atoms with E-state index in [0.29, 0.717) is 6.10 Å². The first-order chi connectivity index (χ1) is 5.45. The van der Waals surface area contributed by atoms with Crippen LogP contribution in [0.1, 0.15) is 6.42 Å². The van der Waals surface area contributed by atoms with Crippen LogP contribution in [0.3, 0.4) is 0 Å². The highest BCUT2D eigenvalue weighted by Gasteiger charge is 2.21. The number of hydrogen-bond donors (Lipinski definition) is 0. The number of ether oxygens (including phenoxy) is 1. The van der Waals surface area contributed by atoms with Gasteiger partial charge < -0.3 is 9.64 Å². The van der Waals surface area contributed by atoms with E-state index in [9.17, 15) is 0 Å². The minimum absolute atomic E-state index is 0.393. The van der Waals surface area contributed by atoms with Crippen molar-refractivity contribution in [3.8, 4) is 0 Å². The van der Waals surface area contributed by atoms with Gasteiger partial charge in [-0.1, -0.05) is 0 Å². The van der Waals surface area contributed by atoms with Gasteiger partial charge >= 0.3 is 0 Å². The molecule has 0 N–H and O–H groups in total. The molecular formula is C8H15N2O. The molecule has 0 bridgehead atoms. The molecule has 11 heavy (non-hydrogen) atoms. The van der Waals surface area contributed by atoms with Crippen LogP contribution in [0.4, 0.5) is 0 Å². The van der Waals surface area contributed by atoms with E-state index < -0.39 is 0 Å². The summed E-state index contributed by atoms with van der Waals surface area (Å²) in [6.45, 7) is 6.27. The second kappa shape index (κ2) is 3.52. The SMILES string of the molecule is C1CN(CC2C[N]CCO2)C1. The van der Waals surface area contributed by atoms with Crippen molar-refractivity contribution in [3.05, 3.63) is 0 Å². The average molecular weight is 155 g/mol. The van der Waals surface area contributed by atoms with Gasteiger partial charge in [-0.25, -0.2) is 5.32 Å². The van der Waals surface area contributed by atoms with Gasteiger partial charge in [0.05, 0.1) is 12.7 Å². The summed E-state index contributed by atoms with van der Waals surface area (Å²) in [5, 5.41) is 4.32. The molecule has 2 rings (SSSR count). The molecule has 2 saturated heterocycles. The van der Waals surface area contributed by atoms with Gasteiger partial charge in [0.2, 0.25) is 0 Å². The Morgan fingerprint density at radius 2 is 2.36 bits per heavy atom. The summed E-state index contributed by atoms with van der Waals surface area (Å²) < 4.78 is 5.55. The number of nitrogens with zero attached hydrogens (tertiary/aromatic N) is 2. The van der Waals surface area contributed by atoms with Crippen LogP contribution in [0, 0.1) is 0 Å². The first-order valence-electron chi connectivity index (χ1n) is 4.42. The molecule has 2 aliphatic heterocycles. The third kappa shape index (κ3) is 1.92. The van der Waals surface area contributed by atoms with Crippen molar-refractivity contribution in [2.45, 2.75) is 12.5 Å². The average Bonchev–Trinajstić information content (AvgIpc) is 1.99. The van der Waals surface area contributed by atoms with Gasteiger partial charge in [0.1, 0.15) is 0 Å². The van der Waals surface area contributed by atoms with Crippen LogP contribution in [0.15, 0.2) is 0 Å². The third-order valence-corrected chi connectivity index (χ3v) is 2.35. The minimum atomic E-state index is 0.393. The molecule has 0 aromatic carbocycles. The topological polar surface area (TPSA) is 26.6 Å². The lowest BCUT2D eigenvalue weighted by Crippen LogP contribution is -2.47. The second-order valence-corrected chi connectivity index (χ2v) is 3.28. The molecular weight excluding hydrogens is 140 g/mol. The van der Waals surface area contributed by atoms with Gasteiger partial charge in [0.25, 0.3) is 0 Å². The molecule has 2 aliphatic rings. The molecule has 63 valence electrons. The normalized spacial score (nSPS) is 33.3. The predicted molar refractivity (Wildman–Crippen MR) is 42.7 cm³/mol. The second-order valence-electron chi connectivity index (χ2n) is 3.28. The molecule has 3 heteroatoms. The van der Waals surface area contributed by atoms with Gasteiger partial charge in [0.15, 0.2) is 0 Å². The van der Waals surface area contributed by atoms with Crippen LogP contribution in [0.5, 0.6) is 0 Å². The molecule has 2 heterocycles. The molecule has 1 unspecified atom stereocenters. The van der Waals surface area contributed by atoms with E-state index in [0.717, 1.165) is 26.2 Å². The quantitative estimate of drug-likeness (QED) is 0.547. The Labute approximate surface area is 67.7 Å². The van der Waals surface area contributed by atoms with Crippen molar-refractivity contribution in [1.82, 2.24) is 10.2 Å². The Balaban J connectivity index is 1.67. The van der Waals surface area contributed by atoms with Crippen molar-refractivity contribution in [3.63, 3.8) is 0 Å². The van der Waals surface area contributed by atoms with Gasteiger partial charge in [-0.2, -0.15) is 0 Å². The summed E-state index contributed by atoms with van der Waals surface area (Å²) in [6, 6.07) is 0. The molecule has 3 nitrogen and oxygen atoms in total. The Hall–Kier alpha value is -0.120. The first-order valence-corrected chi connectivity index (χ1v) is 4.42. The summed E-state index contributed by atoms with van der Waals surface area (Å²) in [4.78, 5) is 2.44. The maximum atomic E-state index is 5.55. The van der Waals surface area contributed by atoms with Crippen molar-refractivity contribution in [2.75, 3.05) is 39.3 Å². The van der Waals surface area contributed by atoms with E-state index in [1.54, 1.807) is 0 Å². The molecule has 0 aromatic heterocycles. The van der Waals surface area contributed by atoms with Crippen LogP contribution in [0.2, 0.25) is 0 Å². The summed E-state index contributed by atoms with van der Waals surface area (Å²) >= 11 is 0. The van der Waals surface area contributed by atoms with Crippen LogP contribution >= 0.6 is 0 Å². The van der Waals surface area contributed by atoms with Gasteiger partial charge in [-0.05, 0) is 19.5 Å². The van der Waals surface area contributed by atoms with Crippen molar-refractivity contribution < 1.29 is 4.74 Å². The molecule has 2 fully saturated rings. The zero-order valence-electron chi connectivity index (χ0n) is 6.83. The fourth-order valence-corrected chi connectivity index (χ4v) is 1.53. The van der Waals surface area contributed by atoms with E-state index in [2.05, 4.69) is 10.2 Å². The molecule has 0 aliphatic carbocycles. The van der Waals surface area contributed by atoms with Crippen molar-refractivity contribution >= 4 is 0 Å². The number of morpholine rings is 1. The molecule has 0 amide bonds. The fourth-order valence-electron chi connectivity index (χ4n) is 1.53. The van der Waals surface area contributed by atoms with Crippen LogP contribution in [0.25, 0.3) is 0 Å². The van der Waals surface area contributed by atoms with Crippen molar-refractivity contribution in [2.24, 2.45) is 0 Å². The van der Waals surface area contributed by atoms with E-state index in [1.807, 2.05) is 0 Å². The van der Waals surface area contributed by atoms with E-state index in [-0.39, 0.29) is 0 Å². The highest BCUT2D eigenvalue weighted by atomic mass is 16.5. The van der Waals surface area contributed by atoms with Crippen molar-refractivity contribution in [1.29, 1.82) is 0 Å². The fraction of sp³-hybridized carbons (Fsp3) is 1.00. The predicted octanol–water partition coefficient (Wildman–Crippen LogP) is -0.305. The Morgan fingerprint density at radius 1 is 1.45 bits per heavy atom. The Morgan fingerprint density at radius 3 is 2.91 bits per heavy atom. The zero-order valence-corrected chi connectivity index (χ0v) is 6.83. The zero-order chi connectivity index (χ0) is 7.52. The van der Waals surface area contributed by atoms with Crippen LogP contribution in [-0.4, -0.2) is 50.3 Å². The molecule has 1 atom stereocenters. The summed E-state index contributed by atoms with van der Waals surface area (Å²) in [5.74, 6) is 0. The van der Waals surface area contributed by atoms with Gasteiger partial charge in [-0.3, -0.25) is 0 Å². The summed E-state index contributed by atoms with van der Waals surface area (Å²) in [5.41, 5.74) is 0. The maximum absolute atomic E-state index is 5.55. The highest BCUT2D eigenvalue weighted by Crippen LogP contribution is 2.08. The van der Waals surface area contributed by atoms with Gasteiger partial charge in [0, 0.05) is 19.6 Å². The number of rotatable bonds is 2. The highest BCUT2D eigenvalue weighted by molar-refractivity contribution is 4.76. The van der Waals surface area contributed by atoms with Gasteiger partial charge in [-0.15, -0.1) is 0 Å². The molecule has 0 spiro atoms. The third-order valence-electron chi connectivity index (χ3n) is 2.35. The Kier molecular flexibility index (Phi) is 2.41. The molecule has 0 aromatic rings. The largest absolute Gasteiger partial charge is 0.374 e. The maximum Gasteiger partial charge on any atom is 0.0843 e. The molecule has 1 radical (unpaired) electrons. The lowest BCUT2D eigenvalue weighted by atomic mass is 10.2. The summed E-state index contributed by atoms with van der Waals surface area (Å²) in [6.07, 6.45) is 1.76. The minimum Gasteiger partial charge on any atom is -0.374 e. The van der Waals surface area contributed by atoms with E-state index in [4.69, 9.17) is 4.74 Å². The first kappa shape index (κ1) is 7.53. The van der Waals surface area contributed by atoms with E-state index in [1.165, 1.54) is 19.5 Å². The summed E-state index contributed by atoms with van der Waals surface area (Å²) in [7, 11) is 0. The lowest BCUT2D eigenvalue weighted by Gasteiger charge is -2.35. The lowest BCUT2D eigenvalue weighted by molar-refractivity contribution is -0.00751. The van der Waals surface area contributed by atoms with Crippen LogP contribution < -0.4 is 5.32 Å². The monoisotopic (exact) mass is 155 g/mol. The smallest absolute Gasteiger partial charge is 0.0843 e.